The van der Waals surface area contributed by atoms with Crippen molar-refractivity contribution in [3.63, 3.8) is 0 Å². The SMILES string of the molecule is CCCNC(=O)CN(C)CC(=O)N[C@H](c1ccccc1)c1ccc(OC(F)F)cc1. The zero-order valence-corrected chi connectivity index (χ0v) is 17.1. The van der Waals surface area contributed by atoms with Gasteiger partial charge in [-0.2, -0.15) is 8.78 Å². The van der Waals surface area contributed by atoms with E-state index in [-0.39, 0.29) is 30.7 Å². The summed E-state index contributed by atoms with van der Waals surface area (Å²) in [5.74, 6) is -0.353. The van der Waals surface area contributed by atoms with Crippen LogP contribution in [0, 0.1) is 0 Å². The summed E-state index contributed by atoms with van der Waals surface area (Å²) in [6.45, 7) is -0.183. The van der Waals surface area contributed by atoms with Gasteiger partial charge in [-0.3, -0.25) is 14.5 Å². The quantitative estimate of drug-likeness (QED) is 0.588. The van der Waals surface area contributed by atoms with E-state index in [1.165, 1.54) is 12.1 Å². The molecule has 0 radical (unpaired) electrons. The minimum Gasteiger partial charge on any atom is -0.435 e. The number of likely N-dealkylation sites (N-methyl/N-ethyl adjacent to an activating group) is 1. The number of benzene rings is 2. The Morgan fingerprint density at radius 3 is 2.17 bits per heavy atom. The molecule has 0 saturated heterocycles. The Balaban J connectivity index is 2.07. The molecule has 162 valence electrons. The van der Waals surface area contributed by atoms with Crippen molar-refractivity contribution in [2.45, 2.75) is 26.0 Å². The first kappa shape index (κ1) is 23.3. The summed E-state index contributed by atoms with van der Waals surface area (Å²) in [4.78, 5) is 26.1. The predicted molar refractivity (Wildman–Crippen MR) is 110 cm³/mol. The first-order chi connectivity index (χ1) is 14.4. The number of rotatable bonds is 11. The lowest BCUT2D eigenvalue weighted by atomic mass is 9.98. The molecule has 8 heteroatoms. The molecule has 0 bridgehead atoms. The van der Waals surface area contributed by atoms with Crippen LogP contribution in [0.3, 0.4) is 0 Å². The van der Waals surface area contributed by atoms with E-state index in [4.69, 9.17) is 0 Å². The fourth-order valence-electron chi connectivity index (χ4n) is 2.92. The third-order valence-corrected chi connectivity index (χ3v) is 4.28. The van der Waals surface area contributed by atoms with Crippen LogP contribution in [0.15, 0.2) is 54.6 Å². The van der Waals surface area contributed by atoms with Crippen molar-refractivity contribution in [3.8, 4) is 5.75 Å². The normalized spacial score (nSPS) is 11.9. The molecule has 0 saturated carbocycles. The Morgan fingerprint density at radius 2 is 1.57 bits per heavy atom. The van der Waals surface area contributed by atoms with Crippen molar-refractivity contribution in [3.05, 3.63) is 65.7 Å². The number of carbonyl (C=O) groups excluding carboxylic acids is 2. The second-order valence-electron chi connectivity index (χ2n) is 6.88. The van der Waals surface area contributed by atoms with Crippen molar-refractivity contribution in [2.75, 3.05) is 26.7 Å². The molecule has 2 rings (SSSR count). The Kier molecular flexibility index (Phi) is 9.21. The number of hydrogen-bond acceptors (Lipinski definition) is 4. The summed E-state index contributed by atoms with van der Waals surface area (Å²) in [7, 11) is 1.69. The summed E-state index contributed by atoms with van der Waals surface area (Å²) in [5, 5.41) is 5.73. The Labute approximate surface area is 175 Å². The number of hydrogen-bond donors (Lipinski definition) is 2. The van der Waals surface area contributed by atoms with Gasteiger partial charge in [-0.15, -0.1) is 0 Å². The summed E-state index contributed by atoms with van der Waals surface area (Å²) in [6.07, 6.45) is 0.843. The number of halogens is 2. The van der Waals surface area contributed by atoms with Gasteiger partial charge in [0.1, 0.15) is 5.75 Å². The summed E-state index contributed by atoms with van der Waals surface area (Å²) >= 11 is 0. The molecule has 0 heterocycles. The fraction of sp³-hybridized carbons (Fsp3) is 0.364. The molecule has 2 aromatic rings. The van der Waals surface area contributed by atoms with E-state index < -0.39 is 12.7 Å². The average molecular weight is 419 g/mol. The highest BCUT2D eigenvalue weighted by molar-refractivity contribution is 5.81. The monoisotopic (exact) mass is 419 g/mol. The van der Waals surface area contributed by atoms with Crippen LogP contribution < -0.4 is 15.4 Å². The minimum absolute atomic E-state index is 0.0372. The van der Waals surface area contributed by atoms with Crippen LogP contribution in [-0.2, 0) is 9.59 Å². The van der Waals surface area contributed by atoms with Gasteiger partial charge in [0, 0.05) is 6.54 Å². The highest BCUT2D eigenvalue weighted by atomic mass is 19.3. The zero-order chi connectivity index (χ0) is 21.9. The van der Waals surface area contributed by atoms with E-state index in [0.717, 1.165) is 17.5 Å². The van der Waals surface area contributed by atoms with Crippen molar-refractivity contribution >= 4 is 11.8 Å². The largest absolute Gasteiger partial charge is 0.435 e. The average Bonchev–Trinajstić information content (AvgIpc) is 2.71. The Morgan fingerprint density at radius 1 is 0.967 bits per heavy atom. The van der Waals surface area contributed by atoms with Crippen molar-refractivity contribution < 1.29 is 23.1 Å². The molecule has 0 spiro atoms. The molecule has 0 aliphatic heterocycles. The number of nitrogens with zero attached hydrogens (tertiary/aromatic N) is 1. The van der Waals surface area contributed by atoms with Crippen LogP contribution >= 0.6 is 0 Å². The standard InChI is InChI=1S/C22H27F2N3O3/c1-3-13-25-19(28)14-27(2)15-20(29)26-21(16-7-5-4-6-8-16)17-9-11-18(12-10-17)30-22(23)24/h4-12,21-22H,3,13-15H2,1-2H3,(H,25,28)(H,26,29)/t21-/m1/s1. The molecule has 0 aliphatic carbocycles. The first-order valence-electron chi connectivity index (χ1n) is 9.73. The van der Waals surface area contributed by atoms with Crippen LogP contribution in [0.1, 0.15) is 30.5 Å². The zero-order valence-electron chi connectivity index (χ0n) is 17.1. The van der Waals surface area contributed by atoms with E-state index in [0.29, 0.717) is 6.54 Å². The number of nitrogens with one attached hydrogen (secondary N) is 2. The second kappa shape index (κ2) is 11.9. The molecule has 1 atom stereocenters. The lowest BCUT2D eigenvalue weighted by Crippen LogP contribution is -2.42. The van der Waals surface area contributed by atoms with E-state index in [2.05, 4.69) is 15.4 Å². The van der Waals surface area contributed by atoms with E-state index in [9.17, 15) is 18.4 Å². The summed E-state index contributed by atoms with van der Waals surface area (Å²) in [6, 6.07) is 15.0. The van der Waals surface area contributed by atoms with Gasteiger partial charge < -0.3 is 15.4 Å². The van der Waals surface area contributed by atoms with Crippen molar-refractivity contribution in [1.82, 2.24) is 15.5 Å². The minimum atomic E-state index is -2.90. The molecule has 30 heavy (non-hydrogen) atoms. The summed E-state index contributed by atoms with van der Waals surface area (Å²) < 4.78 is 29.2. The predicted octanol–water partition coefficient (Wildman–Crippen LogP) is 2.95. The summed E-state index contributed by atoms with van der Waals surface area (Å²) in [5.41, 5.74) is 1.57. The van der Waals surface area contributed by atoms with Crippen LogP contribution in [0.4, 0.5) is 8.78 Å². The van der Waals surface area contributed by atoms with Gasteiger partial charge in [0.2, 0.25) is 11.8 Å². The maximum Gasteiger partial charge on any atom is 0.387 e. The lowest BCUT2D eigenvalue weighted by molar-refractivity contribution is -0.124. The molecule has 0 aromatic heterocycles. The number of amides is 2. The Bertz CT molecular complexity index is 801. The van der Waals surface area contributed by atoms with Crippen LogP contribution in [0.5, 0.6) is 5.75 Å². The lowest BCUT2D eigenvalue weighted by Gasteiger charge is -2.22. The number of ether oxygens (including phenoxy) is 1. The molecule has 2 aromatic carbocycles. The molecule has 0 aliphatic rings. The van der Waals surface area contributed by atoms with Crippen LogP contribution in [0.2, 0.25) is 0 Å². The highest BCUT2D eigenvalue weighted by Gasteiger charge is 2.19. The van der Waals surface area contributed by atoms with Gasteiger partial charge in [-0.1, -0.05) is 49.4 Å². The first-order valence-corrected chi connectivity index (χ1v) is 9.73. The van der Waals surface area contributed by atoms with Gasteiger partial charge in [0.25, 0.3) is 0 Å². The molecule has 6 nitrogen and oxygen atoms in total. The smallest absolute Gasteiger partial charge is 0.387 e. The van der Waals surface area contributed by atoms with E-state index in [1.807, 2.05) is 37.3 Å². The van der Waals surface area contributed by atoms with Gasteiger partial charge in [0.05, 0.1) is 19.1 Å². The number of carbonyl (C=O) groups is 2. The fourth-order valence-corrected chi connectivity index (χ4v) is 2.92. The molecule has 2 amide bonds. The molecular weight excluding hydrogens is 392 g/mol. The third-order valence-electron chi connectivity index (χ3n) is 4.28. The maximum atomic E-state index is 12.6. The van der Waals surface area contributed by atoms with Gasteiger partial charge in [0.15, 0.2) is 0 Å². The van der Waals surface area contributed by atoms with Crippen LogP contribution in [-0.4, -0.2) is 50.0 Å². The molecule has 2 N–H and O–H groups in total. The van der Waals surface area contributed by atoms with Crippen molar-refractivity contribution in [1.29, 1.82) is 0 Å². The second-order valence-corrected chi connectivity index (χ2v) is 6.88. The van der Waals surface area contributed by atoms with Gasteiger partial charge in [-0.05, 0) is 36.7 Å². The topological polar surface area (TPSA) is 70.7 Å². The third kappa shape index (κ3) is 7.79. The molecule has 0 unspecified atom stereocenters. The van der Waals surface area contributed by atoms with Crippen molar-refractivity contribution in [2.24, 2.45) is 0 Å². The van der Waals surface area contributed by atoms with E-state index in [1.54, 1.807) is 24.1 Å². The van der Waals surface area contributed by atoms with Gasteiger partial charge >= 0.3 is 6.61 Å². The maximum absolute atomic E-state index is 12.6. The van der Waals surface area contributed by atoms with Crippen LogP contribution in [0.25, 0.3) is 0 Å². The molecular formula is C22H27F2N3O3. The van der Waals surface area contributed by atoms with E-state index >= 15 is 0 Å². The van der Waals surface area contributed by atoms with Gasteiger partial charge in [-0.25, -0.2) is 0 Å². The Hall–Kier alpha value is -3.00. The number of alkyl halides is 2. The highest BCUT2D eigenvalue weighted by Crippen LogP contribution is 2.24. The molecule has 0 fully saturated rings.